The second kappa shape index (κ2) is 6.60. The van der Waals surface area contributed by atoms with Gasteiger partial charge in [-0.15, -0.1) is 11.8 Å². The molecule has 0 atom stereocenters. The lowest BCUT2D eigenvalue weighted by molar-refractivity contribution is 0.102. The first kappa shape index (κ1) is 14.6. The summed E-state index contributed by atoms with van der Waals surface area (Å²) in [6.07, 6.45) is 3.36. The molecule has 5 nitrogen and oxygen atoms in total. The maximum atomic E-state index is 12.2. The Morgan fingerprint density at radius 1 is 1.40 bits per heavy atom. The maximum absolute atomic E-state index is 12.2. The monoisotopic (exact) mass is 308 g/mol. The minimum Gasteiger partial charge on any atom is -0.321 e. The molecule has 104 valence electrons. The Kier molecular flexibility index (Phi) is 4.84. The molecule has 4 N–H and O–H groups in total. The number of pyridine rings is 1. The number of amides is 1. The fourth-order valence-electron chi connectivity index (χ4n) is 1.61. The molecule has 7 heteroatoms. The standard InChI is InChI=1S/C13H13ClN4OS/c1-20-11-5-3-2-4-10(11)17-13(19)8-6-9(14)12(18-15)16-7-8/h2-7H,15H2,1H3,(H,16,18)(H,17,19). The number of para-hydroxylation sites is 1. The van der Waals surface area contributed by atoms with Crippen molar-refractivity contribution >= 4 is 40.8 Å². The van der Waals surface area contributed by atoms with Gasteiger partial charge in [0.2, 0.25) is 0 Å². The molecule has 1 aromatic heterocycles. The van der Waals surface area contributed by atoms with E-state index in [0.717, 1.165) is 10.6 Å². The molecule has 0 saturated carbocycles. The van der Waals surface area contributed by atoms with Gasteiger partial charge in [0.05, 0.1) is 16.3 Å². The van der Waals surface area contributed by atoms with E-state index >= 15 is 0 Å². The second-order valence-corrected chi connectivity index (χ2v) is 5.11. The van der Waals surface area contributed by atoms with E-state index < -0.39 is 0 Å². The Balaban J connectivity index is 2.22. The van der Waals surface area contributed by atoms with Crippen molar-refractivity contribution in [2.24, 2.45) is 5.84 Å². The van der Waals surface area contributed by atoms with Crippen LogP contribution >= 0.6 is 23.4 Å². The zero-order valence-electron chi connectivity index (χ0n) is 10.7. The molecule has 0 aliphatic heterocycles. The summed E-state index contributed by atoms with van der Waals surface area (Å²) in [5.74, 6) is 5.29. The number of nitrogens with one attached hydrogen (secondary N) is 2. The molecule has 1 amide bonds. The van der Waals surface area contributed by atoms with Crippen molar-refractivity contribution in [1.82, 2.24) is 4.98 Å². The van der Waals surface area contributed by atoms with Crippen LogP contribution in [0.2, 0.25) is 5.02 Å². The number of hydrogen-bond donors (Lipinski definition) is 3. The van der Waals surface area contributed by atoms with Gasteiger partial charge in [-0.05, 0) is 24.5 Å². The Labute approximate surface area is 125 Å². The van der Waals surface area contributed by atoms with Gasteiger partial charge >= 0.3 is 0 Å². The minimum absolute atomic E-state index is 0.274. The van der Waals surface area contributed by atoms with Crippen molar-refractivity contribution in [3.8, 4) is 0 Å². The van der Waals surface area contributed by atoms with E-state index in [0.29, 0.717) is 16.4 Å². The molecule has 0 unspecified atom stereocenters. The fourth-order valence-corrected chi connectivity index (χ4v) is 2.39. The van der Waals surface area contributed by atoms with E-state index in [-0.39, 0.29) is 5.91 Å². The van der Waals surface area contributed by atoms with E-state index in [1.54, 1.807) is 11.8 Å². The van der Waals surface area contributed by atoms with Gasteiger partial charge < -0.3 is 10.7 Å². The van der Waals surface area contributed by atoms with Gasteiger partial charge in [0.25, 0.3) is 5.91 Å². The molecule has 1 aromatic carbocycles. The van der Waals surface area contributed by atoms with Crippen molar-refractivity contribution in [2.45, 2.75) is 4.90 Å². The molecule has 0 fully saturated rings. The number of nitrogen functional groups attached to an aromatic ring is 1. The van der Waals surface area contributed by atoms with Crippen molar-refractivity contribution in [3.05, 3.63) is 47.1 Å². The lowest BCUT2D eigenvalue weighted by Crippen LogP contribution is -2.14. The molecular formula is C13H13ClN4OS. The summed E-state index contributed by atoms with van der Waals surface area (Å²) in [5, 5.41) is 3.12. The molecule has 0 bridgehead atoms. The molecule has 0 saturated heterocycles. The summed E-state index contributed by atoms with van der Waals surface area (Å²) in [4.78, 5) is 17.1. The number of carbonyl (C=O) groups is 1. The normalized spacial score (nSPS) is 10.2. The van der Waals surface area contributed by atoms with Crippen LogP contribution in [0.5, 0.6) is 0 Å². The highest BCUT2D eigenvalue weighted by molar-refractivity contribution is 7.98. The van der Waals surface area contributed by atoms with E-state index in [4.69, 9.17) is 17.4 Å². The number of benzene rings is 1. The van der Waals surface area contributed by atoms with Gasteiger partial charge in [-0.3, -0.25) is 4.79 Å². The summed E-state index contributed by atoms with van der Waals surface area (Å²) >= 11 is 7.50. The van der Waals surface area contributed by atoms with Crippen LogP contribution in [-0.4, -0.2) is 17.1 Å². The summed E-state index contributed by atoms with van der Waals surface area (Å²) in [7, 11) is 0. The lowest BCUT2D eigenvalue weighted by atomic mass is 10.2. The number of hydrogen-bond acceptors (Lipinski definition) is 5. The second-order valence-electron chi connectivity index (χ2n) is 3.85. The van der Waals surface area contributed by atoms with Gasteiger partial charge in [0.15, 0.2) is 5.82 Å². The first-order valence-corrected chi connectivity index (χ1v) is 7.32. The van der Waals surface area contributed by atoms with Gasteiger partial charge in [0, 0.05) is 11.1 Å². The largest absolute Gasteiger partial charge is 0.321 e. The van der Waals surface area contributed by atoms with Crippen molar-refractivity contribution in [1.29, 1.82) is 0 Å². The molecule has 2 aromatic rings. The van der Waals surface area contributed by atoms with Crippen molar-refractivity contribution < 1.29 is 4.79 Å². The van der Waals surface area contributed by atoms with E-state index in [1.165, 1.54) is 12.3 Å². The first-order valence-electron chi connectivity index (χ1n) is 5.72. The summed E-state index contributed by atoms with van der Waals surface area (Å²) in [6.45, 7) is 0. The predicted molar refractivity (Wildman–Crippen MR) is 83.2 cm³/mol. The molecule has 0 aliphatic carbocycles. The van der Waals surface area contributed by atoms with Gasteiger partial charge in [0.1, 0.15) is 0 Å². The highest BCUT2D eigenvalue weighted by Crippen LogP contribution is 2.25. The van der Waals surface area contributed by atoms with Crippen LogP contribution in [0.15, 0.2) is 41.4 Å². The number of aromatic nitrogens is 1. The molecule has 1 heterocycles. The van der Waals surface area contributed by atoms with Crippen LogP contribution in [0.3, 0.4) is 0 Å². The van der Waals surface area contributed by atoms with E-state index in [1.807, 2.05) is 30.5 Å². The van der Waals surface area contributed by atoms with Crippen LogP contribution in [0.25, 0.3) is 0 Å². The van der Waals surface area contributed by atoms with Crippen molar-refractivity contribution in [3.63, 3.8) is 0 Å². The number of anilines is 2. The molecule has 2 rings (SSSR count). The Hall–Kier alpha value is -1.76. The van der Waals surface area contributed by atoms with Gasteiger partial charge in [-0.25, -0.2) is 10.8 Å². The zero-order valence-corrected chi connectivity index (χ0v) is 12.3. The molecular weight excluding hydrogens is 296 g/mol. The number of nitrogens with zero attached hydrogens (tertiary/aromatic N) is 1. The quantitative estimate of drug-likeness (QED) is 0.459. The van der Waals surface area contributed by atoms with E-state index in [2.05, 4.69) is 15.7 Å². The highest BCUT2D eigenvalue weighted by Gasteiger charge is 2.11. The summed E-state index contributed by atoms with van der Waals surface area (Å²) in [6, 6.07) is 9.08. The van der Waals surface area contributed by atoms with Gasteiger partial charge in [-0.1, -0.05) is 23.7 Å². The SMILES string of the molecule is CSc1ccccc1NC(=O)c1cnc(NN)c(Cl)c1. The number of hydrazine groups is 1. The van der Waals surface area contributed by atoms with Crippen LogP contribution < -0.4 is 16.6 Å². The number of rotatable bonds is 4. The maximum Gasteiger partial charge on any atom is 0.257 e. The predicted octanol–water partition coefficient (Wildman–Crippen LogP) is 2.99. The topological polar surface area (TPSA) is 80.0 Å². The Bertz CT molecular complexity index is 636. The van der Waals surface area contributed by atoms with Crippen molar-refractivity contribution in [2.75, 3.05) is 17.0 Å². The molecule has 0 radical (unpaired) electrons. The van der Waals surface area contributed by atoms with E-state index in [9.17, 15) is 4.79 Å². The minimum atomic E-state index is -0.274. The third-order valence-corrected chi connectivity index (χ3v) is 3.68. The van der Waals surface area contributed by atoms with Gasteiger partial charge in [-0.2, -0.15) is 0 Å². The summed E-state index contributed by atoms with van der Waals surface area (Å²) < 4.78 is 0. The number of carbonyl (C=O) groups excluding carboxylic acids is 1. The number of halogens is 1. The third kappa shape index (κ3) is 3.22. The average molecular weight is 309 g/mol. The fraction of sp³-hybridized carbons (Fsp3) is 0.0769. The Morgan fingerprint density at radius 2 is 2.15 bits per heavy atom. The smallest absolute Gasteiger partial charge is 0.257 e. The zero-order chi connectivity index (χ0) is 14.5. The van der Waals surface area contributed by atoms with Crippen LogP contribution in [0.4, 0.5) is 11.5 Å². The molecule has 0 aliphatic rings. The Morgan fingerprint density at radius 3 is 2.80 bits per heavy atom. The number of thioether (sulfide) groups is 1. The first-order chi connectivity index (χ1) is 9.65. The van der Waals surface area contributed by atoms with Crippen LogP contribution in [0.1, 0.15) is 10.4 Å². The molecule has 20 heavy (non-hydrogen) atoms. The average Bonchev–Trinajstić information content (AvgIpc) is 2.47. The van der Waals surface area contributed by atoms with Crippen LogP contribution in [-0.2, 0) is 0 Å². The highest BCUT2D eigenvalue weighted by atomic mass is 35.5. The lowest BCUT2D eigenvalue weighted by Gasteiger charge is -2.10. The van der Waals surface area contributed by atoms with Crippen LogP contribution in [0, 0.1) is 0 Å². The third-order valence-electron chi connectivity index (χ3n) is 2.60. The molecule has 0 spiro atoms. The number of nitrogens with two attached hydrogens (primary N) is 1. The summed E-state index contributed by atoms with van der Waals surface area (Å²) in [5.41, 5.74) is 3.47.